The van der Waals surface area contributed by atoms with Crippen LogP contribution in [0.1, 0.15) is 32.6 Å². The zero-order chi connectivity index (χ0) is 10.8. The number of aliphatic hydroxyl groups excluding tert-OH is 1. The Morgan fingerprint density at radius 3 is 2.73 bits per heavy atom. The summed E-state index contributed by atoms with van der Waals surface area (Å²) in [5.41, 5.74) is 0. The first-order valence-corrected chi connectivity index (χ1v) is 6.29. The van der Waals surface area contributed by atoms with Crippen molar-refractivity contribution in [2.24, 2.45) is 0 Å². The summed E-state index contributed by atoms with van der Waals surface area (Å²) < 4.78 is 0. The Kier molecular flexibility index (Phi) is 3.65. The fraction of sp³-hybridized carbons (Fsp3) is 1.00. The van der Waals surface area contributed by atoms with Crippen molar-refractivity contribution in [2.45, 2.75) is 50.8 Å². The molecule has 1 N–H and O–H groups in total. The van der Waals surface area contributed by atoms with E-state index in [0.29, 0.717) is 0 Å². The Labute approximate surface area is 93.1 Å². The summed E-state index contributed by atoms with van der Waals surface area (Å²) in [7, 11) is 2.28. The van der Waals surface area contributed by atoms with E-state index < -0.39 is 0 Å². The zero-order valence-electron chi connectivity index (χ0n) is 10.0. The standard InChI is InChI=1S/C12H24N2O/c1-10(15)5-7-14-8-6-11-3-4-12(9-14)13(11)2/h10-12,15H,3-9H2,1-2H3. The predicted octanol–water partition coefficient (Wildman–Crippen LogP) is 0.926. The Morgan fingerprint density at radius 1 is 1.27 bits per heavy atom. The highest BCUT2D eigenvalue weighted by Gasteiger charge is 2.34. The highest BCUT2D eigenvalue weighted by atomic mass is 16.3. The fourth-order valence-electron chi connectivity index (χ4n) is 2.95. The molecule has 0 aromatic heterocycles. The van der Waals surface area contributed by atoms with Crippen LogP contribution in [0, 0.1) is 0 Å². The van der Waals surface area contributed by atoms with Gasteiger partial charge in [-0.3, -0.25) is 4.90 Å². The van der Waals surface area contributed by atoms with Gasteiger partial charge < -0.3 is 10.0 Å². The Bertz CT molecular complexity index is 206. The third-order valence-corrected chi connectivity index (χ3v) is 4.10. The van der Waals surface area contributed by atoms with E-state index in [2.05, 4.69) is 16.8 Å². The average molecular weight is 212 g/mol. The molecular weight excluding hydrogens is 188 g/mol. The van der Waals surface area contributed by atoms with E-state index >= 15 is 0 Å². The molecule has 2 rings (SSSR count). The van der Waals surface area contributed by atoms with Crippen molar-refractivity contribution in [3.05, 3.63) is 0 Å². The molecule has 15 heavy (non-hydrogen) atoms. The lowest BCUT2D eigenvalue weighted by atomic mass is 10.1. The van der Waals surface area contributed by atoms with Gasteiger partial charge in [0.15, 0.2) is 0 Å². The van der Waals surface area contributed by atoms with Gasteiger partial charge in [-0.25, -0.2) is 0 Å². The molecule has 3 nitrogen and oxygen atoms in total. The molecule has 88 valence electrons. The van der Waals surface area contributed by atoms with Crippen LogP contribution in [0.15, 0.2) is 0 Å². The van der Waals surface area contributed by atoms with Crippen LogP contribution in [0.3, 0.4) is 0 Å². The van der Waals surface area contributed by atoms with E-state index in [1.165, 1.54) is 32.4 Å². The Hall–Kier alpha value is -0.120. The van der Waals surface area contributed by atoms with E-state index in [0.717, 1.165) is 25.0 Å². The number of likely N-dealkylation sites (tertiary alicyclic amines) is 1. The lowest BCUT2D eigenvalue weighted by molar-refractivity contribution is 0.150. The van der Waals surface area contributed by atoms with Crippen LogP contribution >= 0.6 is 0 Å². The topological polar surface area (TPSA) is 26.7 Å². The molecule has 2 aliphatic rings. The molecule has 3 atom stereocenters. The maximum atomic E-state index is 9.30. The summed E-state index contributed by atoms with van der Waals surface area (Å²) >= 11 is 0. The summed E-state index contributed by atoms with van der Waals surface area (Å²) in [6, 6.07) is 1.60. The minimum Gasteiger partial charge on any atom is -0.393 e. The highest BCUT2D eigenvalue weighted by Crippen LogP contribution is 2.28. The molecule has 3 heteroatoms. The maximum absolute atomic E-state index is 9.30. The van der Waals surface area contributed by atoms with Gasteiger partial charge in [-0.05, 0) is 46.2 Å². The molecule has 2 aliphatic heterocycles. The third kappa shape index (κ3) is 2.71. The number of hydrogen-bond acceptors (Lipinski definition) is 3. The predicted molar refractivity (Wildman–Crippen MR) is 61.9 cm³/mol. The van der Waals surface area contributed by atoms with E-state index in [4.69, 9.17) is 0 Å². The first-order chi connectivity index (χ1) is 7.16. The first-order valence-electron chi connectivity index (χ1n) is 6.29. The van der Waals surface area contributed by atoms with Gasteiger partial charge in [-0.2, -0.15) is 0 Å². The molecule has 0 spiro atoms. The number of rotatable bonds is 3. The number of fused-ring (bicyclic) bond motifs is 2. The van der Waals surface area contributed by atoms with E-state index in [9.17, 15) is 5.11 Å². The molecule has 2 fully saturated rings. The van der Waals surface area contributed by atoms with Crippen LogP contribution in [0.4, 0.5) is 0 Å². The van der Waals surface area contributed by atoms with Gasteiger partial charge in [-0.15, -0.1) is 0 Å². The van der Waals surface area contributed by atoms with Crippen molar-refractivity contribution < 1.29 is 5.11 Å². The third-order valence-electron chi connectivity index (χ3n) is 4.10. The van der Waals surface area contributed by atoms with Gasteiger partial charge in [-0.1, -0.05) is 0 Å². The van der Waals surface area contributed by atoms with Crippen LogP contribution in [0.25, 0.3) is 0 Å². The van der Waals surface area contributed by atoms with Crippen molar-refractivity contribution in [1.82, 2.24) is 9.80 Å². The lowest BCUT2D eigenvalue weighted by Gasteiger charge is -2.25. The number of likely N-dealkylation sites (N-methyl/N-ethyl adjacent to an activating group) is 1. The molecule has 0 aromatic carbocycles. The summed E-state index contributed by atoms with van der Waals surface area (Å²) in [5.74, 6) is 0. The fourth-order valence-corrected chi connectivity index (χ4v) is 2.95. The molecule has 2 saturated heterocycles. The van der Waals surface area contributed by atoms with E-state index in [1.54, 1.807) is 0 Å². The molecule has 2 heterocycles. The smallest absolute Gasteiger partial charge is 0.0524 e. The van der Waals surface area contributed by atoms with Crippen molar-refractivity contribution in [3.8, 4) is 0 Å². The zero-order valence-corrected chi connectivity index (χ0v) is 10.0. The SMILES string of the molecule is CC(O)CCN1CCC2CCC(C1)N2C. The normalized spacial score (nSPS) is 35.4. The van der Waals surface area contributed by atoms with Crippen molar-refractivity contribution >= 4 is 0 Å². The second kappa shape index (κ2) is 4.81. The summed E-state index contributed by atoms with van der Waals surface area (Å²) in [5, 5.41) is 9.30. The molecular formula is C12H24N2O. The minimum atomic E-state index is -0.150. The second-order valence-corrected chi connectivity index (χ2v) is 5.28. The lowest BCUT2D eigenvalue weighted by Crippen LogP contribution is -2.37. The molecule has 3 unspecified atom stereocenters. The van der Waals surface area contributed by atoms with Gasteiger partial charge in [0.05, 0.1) is 6.10 Å². The van der Waals surface area contributed by atoms with Gasteiger partial charge >= 0.3 is 0 Å². The van der Waals surface area contributed by atoms with Crippen LogP contribution in [0.2, 0.25) is 0 Å². The number of hydrogen-bond donors (Lipinski definition) is 1. The van der Waals surface area contributed by atoms with Gasteiger partial charge in [0.2, 0.25) is 0 Å². The molecule has 0 aliphatic carbocycles. The minimum absolute atomic E-state index is 0.150. The highest BCUT2D eigenvalue weighted by molar-refractivity contribution is 4.90. The molecule has 0 saturated carbocycles. The van der Waals surface area contributed by atoms with E-state index in [-0.39, 0.29) is 6.10 Å². The summed E-state index contributed by atoms with van der Waals surface area (Å²) in [6.07, 6.45) is 4.84. The maximum Gasteiger partial charge on any atom is 0.0524 e. The van der Waals surface area contributed by atoms with Gasteiger partial charge in [0.1, 0.15) is 0 Å². The monoisotopic (exact) mass is 212 g/mol. The number of aliphatic hydroxyl groups is 1. The molecule has 2 bridgehead atoms. The van der Waals surface area contributed by atoms with Crippen molar-refractivity contribution in [1.29, 1.82) is 0 Å². The molecule has 0 radical (unpaired) electrons. The van der Waals surface area contributed by atoms with E-state index in [1.807, 2.05) is 6.92 Å². The Morgan fingerprint density at radius 2 is 2.00 bits per heavy atom. The van der Waals surface area contributed by atoms with Crippen molar-refractivity contribution in [3.63, 3.8) is 0 Å². The van der Waals surface area contributed by atoms with Crippen LogP contribution in [0.5, 0.6) is 0 Å². The van der Waals surface area contributed by atoms with Crippen molar-refractivity contribution in [2.75, 3.05) is 26.7 Å². The summed E-state index contributed by atoms with van der Waals surface area (Å²) in [4.78, 5) is 5.11. The van der Waals surface area contributed by atoms with Crippen LogP contribution in [-0.2, 0) is 0 Å². The van der Waals surface area contributed by atoms with Crippen LogP contribution in [-0.4, -0.2) is 59.8 Å². The largest absolute Gasteiger partial charge is 0.393 e. The van der Waals surface area contributed by atoms with Gasteiger partial charge in [0.25, 0.3) is 0 Å². The summed E-state index contributed by atoms with van der Waals surface area (Å²) in [6.45, 7) is 5.38. The Balaban J connectivity index is 1.84. The van der Waals surface area contributed by atoms with Gasteiger partial charge in [0, 0.05) is 25.2 Å². The quantitative estimate of drug-likeness (QED) is 0.754. The second-order valence-electron chi connectivity index (χ2n) is 5.28. The molecule has 0 aromatic rings. The first kappa shape index (κ1) is 11.4. The molecule has 0 amide bonds. The number of nitrogens with zero attached hydrogens (tertiary/aromatic N) is 2. The average Bonchev–Trinajstić information content (AvgIpc) is 2.40. The van der Waals surface area contributed by atoms with Crippen LogP contribution < -0.4 is 0 Å².